The van der Waals surface area contributed by atoms with Crippen LogP contribution < -0.4 is 5.36 Å². The largest absolute Gasteiger partial charge is 0.454 e. The zero-order valence-corrected chi connectivity index (χ0v) is 21.4. The van der Waals surface area contributed by atoms with Crippen molar-refractivity contribution in [2.24, 2.45) is 5.16 Å². The molecule has 1 saturated heterocycles. The Labute approximate surface area is 212 Å². The number of rotatable bonds is 3. The van der Waals surface area contributed by atoms with Gasteiger partial charge in [0, 0.05) is 54.8 Å². The van der Waals surface area contributed by atoms with Crippen molar-refractivity contribution in [3.63, 3.8) is 0 Å². The molecule has 4 aromatic rings. The van der Waals surface area contributed by atoms with Crippen molar-refractivity contribution in [2.45, 2.75) is 26.4 Å². The van der Waals surface area contributed by atoms with Crippen molar-refractivity contribution in [2.75, 3.05) is 39.8 Å². The van der Waals surface area contributed by atoms with Crippen LogP contribution in [0.1, 0.15) is 26.3 Å². The van der Waals surface area contributed by atoms with Gasteiger partial charge in [-0.15, -0.1) is 0 Å². The molecule has 1 aliphatic heterocycles. The van der Waals surface area contributed by atoms with Gasteiger partial charge in [-0.25, -0.2) is 0 Å². The summed E-state index contributed by atoms with van der Waals surface area (Å²) in [6.45, 7) is 11.0. The molecule has 2 aromatic carbocycles. The van der Waals surface area contributed by atoms with E-state index in [9.17, 15) is 0 Å². The molecule has 0 spiro atoms. The molecule has 2 aromatic heterocycles. The highest BCUT2D eigenvalue weighted by molar-refractivity contribution is 5.85. The first-order valence-electron chi connectivity index (χ1n) is 12.4. The van der Waals surface area contributed by atoms with Gasteiger partial charge in [-0.3, -0.25) is 9.88 Å². The number of hydrogen-bond donors (Lipinski definition) is 0. The zero-order chi connectivity index (χ0) is 25.1. The molecule has 6 heteroatoms. The average molecular weight is 481 g/mol. The molecule has 1 aliphatic rings. The van der Waals surface area contributed by atoms with Gasteiger partial charge in [-0.1, -0.05) is 41.3 Å². The average Bonchev–Trinajstić information content (AvgIpc) is 2.87. The van der Waals surface area contributed by atoms with Gasteiger partial charge in [-0.2, -0.15) is 0 Å². The molecule has 6 nitrogen and oxygen atoms in total. The van der Waals surface area contributed by atoms with Crippen LogP contribution >= 0.6 is 0 Å². The standard InChI is InChI=1S/C30H32N4O2/c1-30(2,3)36-32-26-20-29(27-19-23-9-5-6-10-24(23)21-31-27)35-28-18-22(11-12-25(26)28)8-7-13-34-16-14-33(4)15-17-34/h5-6,9-12,18-21H,13-17H2,1-4H3. The molecule has 1 fully saturated rings. The Morgan fingerprint density at radius 1 is 1.00 bits per heavy atom. The van der Waals surface area contributed by atoms with E-state index in [0.717, 1.165) is 60.1 Å². The molecule has 0 bridgehead atoms. The number of nitrogens with zero attached hydrogens (tertiary/aromatic N) is 4. The maximum atomic E-state index is 6.36. The predicted molar refractivity (Wildman–Crippen MR) is 144 cm³/mol. The molecule has 3 heterocycles. The summed E-state index contributed by atoms with van der Waals surface area (Å²) in [4.78, 5) is 15.2. The summed E-state index contributed by atoms with van der Waals surface area (Å²) < 4.78 is 6.36. The Hall–Kier alpha value is -3.66. The van der Waals surface area contributed by atoms with Crippen molar-refractivity contribution in [3.8, 4) is 23.3 Å². The van der Waals surface area contributed by atoms with Gasteiger partial charge in [0.15, 0.2) is 5.76 Å². The molecule has 0 radical (unpaired) electrons. The van der Waals surface area contributed by atoms with Crippen LogP contribution in [0.25, 0.3) is 33.2 Å². The minimum atomic E-state index is -0.407. The normalized spacial score (nSPS) is 15.7. The molecular formula is C30H32N4O2. The number of fused-ring (bicyclic) bond motifs is 2. The van der Waals surface area contributed by atoms with Crippen molar-refractivity contribution in [1.29, 1.82) is 0 Å². The molecule has 0 unspecified atom stereocenters. The Balaban J connectivity index is 1.53. The van der Waals surface area contributed by atoms with Crippen molar-refractivity contribution >= 4 is 21.7 Å². The first-order valence-corrected chi connectivity index (χ1v) is 12.4. The van der Waals surface area contributed by atoms with Crippen LogP contribution in [0.4, 0.5) is 0 Å². The molecule has 0 saturated carbocycles. The van der Waals surface area contributed by atoms with E-state index in [-0.39, 0.29) is 0 Å². The lowest BCUT2D eigenvalue weighted by Crippen LogP contribution is -2.44. The topological polar surface area (TPSA) is 54.1 Å². The summed E-state index contributed by atoms with van der Waals surface area (Å²) in [7, 11) is 2.16. The van der Waals surface area contributed by atoms with Crippen LogP contribution in [0, 0.1) is 11.8 Å². The fraction of sp³-hybridized carbons (Fsp3) is 0.333. The summed E-state index contributed by atoms with van der Waals surface area (Å²) in [5.74, 6) is 7.28. The maximum absolute atomic E-state index is 6.36. The van der Waals surface area contributed by atoms with Crippen LogP contribution in [-0.2, 0) is 4.84 Å². The van der Waals surface area contributed by atoms with E-state index in [1.807, 2.05) is 69.4 Å². The highest BCUT2D eigenvalue weighted by atomic mass is 16.6. The van der Waals surface area contributed by atoms with Crippen molar-refractivity contribution < 1.29 is 9.25 Å². The quantitative estimate of drug-likeness (QED) is 0.309. The molecular weight excluding hydrogens is 448 g/mol. The lowest BCUT2D eigenvalue weighted by Gasteiger charge is -2.30. The van der Waals surface area contributed by atoms with Crippen LogP contribution in [0.2, 0.25) is 0 Å². The number of piperazine rings is 1. The third kappa shape index (κ3) is 5.76. The van der Waals surface area contributed by atoms with E-state index in [1.165, 1.54) is 0 Å². The van der Waals surface area contributed by atoms with Gasteiger partial charge in [0.1, 0.15) is 22.2 Å². The fourth-order valence-corrected chi connectivity index (χ4v) is 4.11. The Kier molecular flexibility index (Phi) is 6.77. The van der Waals surface area contributed by atoms with Gasteiger partial charge < -0.3 is 14.2 Å². The van der Waals surface area contributed by atoms with Gasteiger partial charge in [0.25, 0.3) is 0 Å². The molecule has 0 N–H and O–H groups in total. The molecule has 0 amide bonds. The van der Waals surface area contributed by atoms with E-state index in [2.05, 4.69) is 51.0 Å². The van der Waals surface area contributed by atoms with Gasteiger partial charge in [0.2, 0.25) is 0 Å². The minimum absolute atomic E-state index is 0.407. The molecule has 0 aliphatic carbocycles. The highest BCUT2D eigenvalue weighted by Gasteiger charge is 2.13. The SMILES string of the molecule is CN1CCN(CC#Cc2ccc3c(=NOC(C)(C)C)cc(-c4cc5ccccc5cn4)oc3c2)CC1. The minimum Gasteiger partial charge on any atom is -0.454 e. The van der Waals surface area contributed by atoms with Crippen LogP contribution in [0.3, 0.4) is 0 Å². The van der Waals surface area contributed by atoms with Gasteiger partial charge in [-0.05, 0) is 57.5 Å². The molecule has 184 valence electrons. The predicted octanol–water partition coefficient (Wildman–Crippen LogP) is 4.88. The highest BCUT2D eigenvalue weighted by Crippen LogP contribution is 2.24. The second-order valence-corrected chi connectivity index (χ2v) is 10.3. The zero-order valence-electron chi connectivity index (χ0n) is 21.4. The lowest BCUT2D eigenvalue weighted by atomic mass is 10.1. The van der Waals surface area contributed by atoms with E-state index >= 15 is 0 Å². The first kappa shape index (κ1) is 24.1. The monoisotopic (exact) mass is 480 g/mol. The van der Waals surface area contributed by atoms with Crippen LogP contribution in [-0.4, -0.2) is 60.2 Å². The lowest BCUT2D eigenvalue weighted by molar-refractivity contribution is -0.00585. The maximum Gasteiger partial charge on any atom is 0.155 e. The second kappa shape index (κ2) is 10.1. The summed E-state index contributed by atoms with van der Waals surface area (Å²) >= 11 is 0. The van der Waals surface area contributed by atoms with Crippen molar-refractivity contribution in [3.05, 3.63) is 71.7 Å². The van der Waals surface area contributed by atoms with Crippen LogP contribution in [0.5, 0.6) is 0 Å². The van der Waals surface area contributed by atoms with Gasteiger partial charge in [0.05, 0.1) is 6.54 Å². The summed E-state index contributed by atoms with van der Waals surface area (Å²) in [6, 6.07) is 18.1. The molecule has 5 rings (SSSR count). The summed E-state index contributed by atoms with van der Waals surface area (Å²) in [5.41, 5.74) is 1.95. The Morgan fingerprint density at radius 3 is 2.56 bits per heavy atom. The van der Waals surface area contributed by atoms with E-state index in [4.69, 9.17) is 9.25 Å². The number of pyridine rings is 1. The summed E-state index contributed by atoms with van der Waals surface area (Å²) in [5, 5.41) is 8.24. The van der Waals surface area contributed by atoms with E-state index in [0.29, 0.717) is 16.7 Å². The Morgan fingerprint density at radius 2 is 1.78 bits per heavy atom. The fourth-order valence-electron chi connectivity index (χ4n) is 4.11. The van der Waals surface area contributed by atoms with E-state index < -0.39 is 5.60 Å². The van der Waals surface area contributed by atoms with Crippen molar-refractivity contribution in [1.82, 2.24) is 14.8 Å². The van der Waals surface area contributed by atoms with E-state index in [1.54, 1.807) is 0 Å². The Bertz CT molecular complexity index is 1510. The number of aromatic nitrogens is 1. The number of likely N-dealkylation sites (N-methyl/N-ethyl adjacent to an activating group) is 1. The van der Waals surface area contributed by atoms with Gasteiger partial charge >= 0.3 is 0 Å². The second-order valence-electron chi connectivity index (χ2n) is 10.3. The van der Waals surface area contributed by atoms with Crippen LogP contribution in [0.15, 0.2) is 70.4 Å². The molecule has 36 heavy (non-hydrogen) atoms. The smallest absolute Gasteiger partial charge is 0.155 e. The number of benzene rings is 2. The third-order valence-corrected chi connectivity index (χ3v) is 6.18. The molecule has 0 atom stereocenters. The third-order valence-electron chi connectivity index (χ3n) is 6.18. The summed E-state index contributed by atoms with van der Waals surface area (Å²) in [6.07, 6.45) is 1.87. The number of hydrogen-bond acceptors (Lipinski definition) is 6. The first-order chi connectivity index (χ1) is 17.3.